The molecule has 0 fully saturated rings. The maximum Gasteiger partial charge on any atom is 0.472 e. The van der Waals surface area contributed by atoms with Crippen LogP contribution in [0.3, 0.4) is 0 Å². The average molecular weight is 838 g/mol. The summed E-state index contributed by atoms with van der Waals surface area (Å²) < 4.78 is 23.5. The molecule has 0 aliphatic heterocycles. The number of nitrogens with one attached hydrogen (secondary N) is 1. The molecule has 3 unspecified atom stereocenters. The van der Waals surface area contributed by atoms with E-state index in [2.05, 4.69) is 55.6 Å². The number of carbonyl (C=O) groups excluding carboxylic acids is 1. The Labute approximate surface area is 359 Å². The van der Waals surface area contributed by atoms with Gasteiger partial charge in [0.1, 0.15) is 13.2 Å². The third-order valence-corrected chi connectivity index (χ3v) is 11.5. The topological polar surface area (TPSA) is 105 Å². The molecule has 340 valence electrons. The van der Waals surface area contributed by atoms with E-state index in [1.165, 1.54) is 141 Å². The second kappa shape index (κ2) is 40.8. The van der Waals surface area contributed by atoms with Crippen LogP contribution >= 0.6 is 7.82 Å². The Hall–Kier alpha value is -1.54. The highest BCUT2D eigenvalue weighted by Crippen LogP contribution is 2.43. The zero-order valence-corrected chi connectivity index (χ0v) is 39.4. The number of aliphatic hydroxyl groups excluding tert-OH is 1. The molecule has 0 aromatic carbocycles. The lowest BCUT2D eigenvalue weighted by atomic mass is 10.0. The predicted octanol–water partition coefficient (Wildman–Crippen LogP) is 13.6. The van der Waals surface area contributed by atoms with Gasteiger partial charge in [-0.3, -0.25) is 13.8 Å². The van der Waals surface area contributed by atoms with Crippen molar-refractivity contribution >= 4 is 13.7 Å². The maximum absolute atomic E-state index is 12.8. The fourth-order valence-corrected chi connectivity index (χ4v) is 7.41. The second-order valence-electron chi connectivity index (χ2n) is 17.5. The molecule has 0 rings (SSSR count). The lowest BCUT2D eigenvalue weighted by molar-refractivity contribution is -0.870. The molecule has 0 radical (unpaired) electrons. The first-order chi connectivity index (χ1) is 28.0. The van der Waals surface area contributed by atoms with E-state index in [1.54, 1.807) is 6.08 Å². The zero-order chi connectivity index (χ0) is 42.8. The van der Waals surface area contributed by atoms with Crippen LogP contribution < -0.4 is 5.32 Å². The molecule has 3 atom stereocenters. The number of phosphoric ester groups is 1. The quantitative estimate of drug-likeness (QED) is 0.0244. The number of carbonyl (C=O) groups is 1. The molecule has 0 aromatic rings. The number of likely N-dealkylation sites (N-methyl/N-ethyl adjacent to an activating group) is 1. The summed E-state index contributed by atoms with van der Waals surface area (Å²) in [5, 5.41) is 13.7. The smallest absolute Gasteiger partial charge is 0.387 e. The van der Waals surface area contributed by atoms with E-state index in [4.69, 9.17) is 9.05 Å². The summed E-state index contributed by atoms with van der Waals surface area (Å²) in [7, 11) is 1.55. The van der Waals surface area contributed by atoms with Crippen molar-refractivity contribution in [2.45, 2.75) is 219 Å². The molecule has 58 heavy (non-hydrogen) atoms. The van der Waals surface area contributed by atoms with Gasteiger partial charge in [0.2, 0.25) is 5.91 Å². The molecule has 1 amide bonds. The van der Waals surface area contributed by atoms with Crippen molar-refractivity contribution in [3.8, 4) is 0 Å². The van der Waals surface area contributed by atoms with Gasteiger partial charge < -0.3 is 19.8 Å². The van der Waals surface area contributed by atoms with Gasteiger partial charge in [0.25, 0.3) is 0 Å². The number of rotatable bonds is 43. The Morgan fingerprint density at radius 1 is 0.586 bits per heavy atom. The van der Waals surface area contributed by atoms with Gasteiger partial charge in [-0.05, 0) is 64.2 Å². The van der Waals surface area contributed by atoms with E-state index in [-0.39, 0.29) is 19.1 Å². The van der Waals surface area contributed by atoms with Crippen molar-refractivity contribution in [2.75, 3.05) is 40.9 Å². The largest absolute Gasteiger partial charge is 0.472 e. The van der Waals surface area contributed by atoms with Gasteiger partial charge in [0.05, 0.1) is 39.9 Å². The lowest BCUT2D eigenvalue weighted by Crippen LogP contribution is -2.45. The molecular formula is C49H94N2O6P+. The van der Waals surface area contributed by atoms with Gasteiger partial charge in [0.15, 0.2) is 0 Å². The second-order valence-corrected chi connectivity index (χ2v) is 18.9. The van der Waals surface area contributed by atoms with Crippen molar-refractivity contribution in [2.24, 2.45) is 0 Å². The monoisotopic (exact) mass is 838 g/mol. The number of quaternary nitrogens is 1. The standard InChI is InChI=1S/C49H93N2O6P/c1-6-8-10-12-14-16-17-18-19-20-21-22-23-24-25-26-27-28-29-30-31-32-33-35-37-39-41-43-49(53)50-47(46-57-58(54,55)56-45-44-51(3,4)5)48(52)42-40-38-36-34-15-13-11-9-7-2/h15,21-22,24-25,34,40,42,47-48,52H,6-14,16-20,23,26-33,35-39,41,43-46H2,1-5H3,(H-,50,53,54,55)/p+1/b22-21-,25-24-,34-15+,42-40+. The first-order valence-electron chi connectivity index (χ1n) is 24.0. The highest BCUT2D eigenvalue weighted by Gasteiger charge is 2.27. The van der Waals surface area contributed by atoms with E-state index in [0.29, 0.717) is 17.4 Å². The van der Waals surface area contributed by atoms with E-state index in [1.807, 2.05) is 27.2 Å². The van der Waals surface area contributed by atoms with Crippen LogP contribution in [0.4, 0.5) is 0 Å². The fourth-order valence-electron chi connectivity index (χ4n) is 6.67. The van der Waals surface area contributed by atoms with Gasteiger partial charge in [0, 0.05) is 6.42 Å². The molecule has 0 bridgehead atoms. The van der Waals surface area contributed by atoms with Crippen molar-refractivity contribution in [1.82, 2.24) is 5.32 Å². The highest BCUT2D eigenvalue weighted by atomic mass is 31.2. The van der Waals surface area contributed by atoms with Crippen LogP contribution in [0.25, 0.3) is 0 Å². The molecular weight excluding hydrogens is 744 g/mol. The molecule has 8 nitrogen and oxygen atoms in total. The molecule has 0 heterocycles. The molecule has 0 saturated carbocycles. The van der Waals surface area contributed by atoms with Gasteiger partial charge in [-0.1, -0.05) is 184 Å². The van der Waals surface area contributed by atoms with Gasteiger partial charge in [-0.2, -0.15) is 0 Å². The van der Waals surface area contributed by atoms with Crippen molar-refractivity contribution < 1.29 is 32.9 Å². The summed E-state index contributed by atoms with van der Waals surface area (Å²) in [6.07, 6.45) is 52.1. The minimum absolute atomic E-state index is 0.0544. The van der Waals surface area contributed by atoms with Crippen molar-refractivity contribution in [3.05, 3.63) is 48.6 Å². The number of phosphoric acid groups is 1. The third-order valence-electron chi connectivity index (χ3n) is 10.5. The fraction of sp³-hybridized carbons (Fsp3) is 0.816. The van der Waals surface area contributed by atoms with Crippen LogP contribution in [0.15, 0.2) is 48.6 Å². The van der Waals surface area contributed by atoms with Crippen LogP contribution in [0.5, 0.6) is 0 Å². The Kier molecular flexibility index (Phi) is 39.8. The van der Waals surface area contributed by atoms with E-state index < -0.39 is 20.0 Å². The predicted molar refractivity (Wildman–Crippen MR) is 249 cm³/mol. The summed E-state index contributed by atoms with van der Waals surface area (Å²) >= 11 is 0. The summed E-state index contributed by atoms with van der Waals surface area (Å²) in [6.45, 7) is 4.73. The van der Waals surface area contributed by atoms with Gasteiger partial charge >= 0.3 is 7.82 Å². The Bertz CT molecular complexity index is 1090. The van der Waals surface area contributed by atoms with Crippen LogP contribution in [-0.4, -0.2) is 73.4 Å². The first kappa shape index (κ1) is 56.5. The number of unbranched alkanes of at least 4 members (excludes halogenated alkanes) is 24. The summed E-state index contributed by atoms with van der Waals surface area (Å²) in [5.74, 6) is -0.193. The molecule has 9 heteroatoms. The van der Waals surface area contributed by atoms with Crippen molar-refractivity contribution in [1.29, 1.82) is 0 Å². The number of amides is 1. The van der Waals surface area contributed by atoms with Gasteiger partial charge in [-0.15, -0.1) is 0 Å². The van der Waals surface area contributed by atoms with Crippen LogP contribution in [0.2, 0.25) is 0 Å². The summed E-state index contributed by atoms with van der Waals surface area (Å²) in [4.78, 5) is 23.1. The number of hydrogen-bond donors (Lipinski definition) is 3. The number of allylic oxidation sites excluding steroid dienone is 7. The average Bonchev–Trinajstić information content (AvgIpc) is 3.17. The van der Waals surface area contributed by atoms with E-state index >= 15 is 0 Å². The van der Waals surface area contributed by atoms with E-state index in [9.17, 15) is 19.4 Å². The molecule has 0 aromatic heterocycles. The maximum atomic E-state index is 12.8. The van der Waals surface area contributed by atoms with Crippen LogP contribution in [-0.2, 0) is 18.4 Å². The van der Waals surface area contributed by atoms with Crippen molar-refractivity contribution in [3.63, 3.8) is 0 Å². The first-order valence-corrected chi connectivity index (χ1v) is 25.5. The minimum Gasteiger partial charge on any atom is -0.387 e. The number of aliphatic hydroxyl groups is 1. The SMILES string of the molecule is CCCCC/C=C/CC/C=C/C(O)C(COP(=O)(O)OCC[N+](C)(C)C)NC(=O)CCCCCCCCCCCCC/C=C\C/C=C\CCCCCCCCCCC. The normalized spacial score (nSPS) is 14.7. The molecule has 0 spiro atoms. The summed E-state index contributed by atoms with van der Waals surface area (Å²) in [5.41, 5.74) is 0. The van der Waals surface area contributed by atoms with Crippen LogP contribution in [0.1, 0.15) is 206 Å². The highest BCUT2D eigenvalue weighted by molar-refractivity contribution is 7.47. The third kappa shape index (κ3) is 42.6. The van der Waals surface area contributed by atoms with Gasteiger partial charge in [-0.25, -0.2) is 4.57 Å². The molecule has 0 aliphatic carbocycles. The Balaban J connectivity index is 4.13. The molecule has 3 N–H and O–H groups in total. The number of nitrogens with zero attached hydrogens (tertiary/aromatic N) is 1. The summed E-state index contributed by atoms with van der Waals surface area (Å²) in [6, 6.07) is -0.862. The molecule has 0 aliphatic rings. The van der Waals surface area contributed by atoms with Crippen LogP contribution in [0, 0.1) is 0 Å². The number of hydrogen-bond acceptors (Lipinski definition) is 5. The lowest BCUT2D eigenvalue weighted by Gasteiger charge is -2.25. The minimum atomic E-state index is -4.34. The zero-order valence-electron chi connectivity index (χ0n) is 38.5. The Morgan fingerprint density at radius 3 is 1.52 bits per heavy atom. The van der Waals surface area contributed by atoms with E-state index in [0.717, 1.165) is 44.9 Å². The Morgan fingerprint density at radius 2 is 1.00 bits per heavy atom. The molecule has 0 saturated heterocycles.